The number of hydrogen-bond acceptors (Lipinski definition) is 4. The van der Waals surface area contributed by atoms with E-state index in [4.69, 9.17) is 4.42 Å². The number of nitrogens with one attached hydrogen (secondary N) is 1. The van der Waals surface area contributed by atoms with E-state index >= 15 is 0 Å². The summed E-state index contributed by atoms with van der Waals surface area (Å²) in [5, 5.41) is 3.44. The van der Waals surface area contributed by atoms with E-state index in [1.165, 1.54) is 25.7 Å². The average Bonchev–Trinajstić information content (AvgIpc) is 2.98. The molecule has 1 fully saturated rings. The maximum Gasteiger partial charge on any atom is 0.297 e. The summed E-state index contributed by atoms with van der Waals surface area (Å²) >= 11 is 0. The zero-order chi connectivity index (χ0) is 13.9. The molecule has 0 atom stereocenters. The van der Waals surface area contributed by atoms with E-state index in [9.17, 15) is 0 Å². The van der Waals surface area contributed by atoms with Crippen LogP contribution in [0.25, 0.3) is 0 Å². The highest BCUT2D eigenvalue weighted by molar-refractivity contribution is 5.29. The van der Waals surface area contributed by atoms with Crippen molar-refractivity contribution < 1.29 is 4.42 Å². The Morgan fingerprint density at radius 3 is 2.63 bits per heavy atom. The standard InChI is InChI=1S/C15H27N3O/c1-5-18(13-8-6-7-9-13)14-17-12(11-19-14)10-16-15(2,3)4/h11,13,16H,5-10H2,1-4H3. The lowest BCUT2D eigenvalue weighted by Gasteiger charge is -2.25. The predicted molar refractivity (Wildman–Crippen MR) is 78.4 cm³/mol. The lowest BCUT2D eigenvalue weighted by Crippen LogP contribution is -2.35. The highest BCUT2D eigenvalue weighted by Crippen LogP contribution is 2.27. The number of nitrogens with zero attached hydrogens (tertiary/aromatic N) is 2. The van der Waals surface area contributed by atoms with Crippen LogP contribution in [0.4, 0.5) is 6.01 Å². The molecule has 1 saturated carbocycles. The summed E-state index contributed by atoms with van der Waals surface area (Å²) in [5.74, 6) is 0. The van der Waals surface area contributed by atoms with E-state index in [0.29, 0.717) is 6.04 Å². The van der Waals surface area contributed by atoms with Gasteiger partial charge >= 0.3 is 0 Å². The van der Waals surface area contributed by atoms with Gasteiger partial charge in [0.15, 0.2) is 0 Å². The number of oxazole rings is 1. The van der Waals surface area contributed by atoms with Crippen molar-refractivity contribution in [1.82, 2.24) is 10.3 Å². The summed E-state index contributed by atoms with van der Waals surface area (Å²) in [4.78, 5) is 6.94. The molecule has 1 aliphatic carbocycles. The third-order valence-electron chi connectivity index (χ3n) is 3.69. The van der Waals surface area contributed by atoms with Crippen molar-refractivity contribution >= 4 is 6.01 Å². The molecule has 1 heterocycles. The molecule has 1 aromatic rings. The Kier molecular flexibility index (Phi) is 4.50. The van der Waals surface area contributed by atoms with Gasteiger partial charge in [0.25, 0.3) is 6.01 Å². The lowest BCUT2D eigenvalue weighted by atomic mass is 10.1. The number of anilines is 1. The van der Waals surface area contributed by atoms with Crippen LogP contribution in [0.5, 0.6) is 0 Å². The van der Waals surface area contributed by atoms with Crippen LogP contribution in [0.1, 0.15) is 59.1 Å². The molecule has 0 unspecified atom stereocenters. The maximum atomic E-state index is 5.67. The van der Waals surface area contributed by atoms with Crippen LogP contribution in [-0.4, -0.2) is 23.1 Å². The van der Waals surface area contributed by atoms with E-state index in [2.05, 4.69) is 42.9 Å². The van der Waals surface area contributed by atoms with Crippen LogP contribution in [0.3, 0.4) is 0 Å². The van der Waals surface area contributed by atoms with Crippen LogP contribution < -0.4 is 10.2 Å². The van der Waals surface area contributed by atoms with E-state index in [-0.39, 0.29) is 5.54 Å². The van der Waals surface area contributed by atoms with Gasteiger partial charge in [-0.3, -0.25) is 0 Å². The fourth-order valence-electron chi connectivity index (χ4n) is 2.63. The second-order valence-electron chi connectivity index (χ2n) is 6.45. The van der Waals surface area contributed by atoms with Crippen LogP contribution in [0, 0.1) is 0 Å². The van der Waals surface area contributed by atoms with Crippen molar-refractivity contribution in [2.45, 2.75) is 71.5 Å². The molecule has 0 radical (unpaired) electrons. The largest absolute Gasteiger partial charge is 0.432 e. The molecule has 19 heavy (non-hydrogen) atoms. The molecule has 4 heteroatoms. The summed E-state index contributed by atoms with van der Waals surface area (Å²) in [6.45, 7) is 10.4. The summed E-state index contributed by atoms with van der Waals surface area (Å²) in [6, 6.07) is 1.41. The van der Waals surface area contributed by atoms with Crippen LogP contribution in [0.15, 0.2) is 10.7 Å². The van der Waals surface area contributed by atoms with Gasteiger partial charge in [-0.05, 0) is 40.5 Å². The van der Waals surface area contributed by atoms with Gasteiger partial charge in [-0.25, -0.2) is 0 Å². The van der Waals surface area contributed by atoms with Gasteiger partial charge in [0.2, 0.25) is 0 Å². The van der Waals surface area contributed by atoms with Gasteiger partial charge < -0.3 is 14.6 Å². The molecule has 1 N–H and O–H groups in total. The molecular weight excluding hydrogens is 238 g/mol. The Labute approximate surface area is 116 Å². The molecule has 2 rings (SSSR count). The summed E-state index contributed by atoms with van der Waals surface area (Å²) in [7, 11) is 0. The SMILES string of the molecule is CCN(c1nc(CNC(C)(C)C)co1)C1CCCC1. The first-order chi connectivity index (χ1) is 8.99. The topological polar surface area (TPSA) is 41.3 Å². The summed E-state index contributed by atoms with van der Waals surface area (Å²) in [5.41, 5.74) is 1.09. The van der Waals surface area contributed by atoms with Crippen LogP contribution in [0.2, 0.25) is 0 Å². The zero-order valence-corrected chi connectivity index (χ0v) is 12.7. The van der Waals surface area contributed by atoms with E-state index in [1.807, 2.05) is 0 Å². The Morgan fingerprint density at radius 1 is 1.37 bits per heavy atom. The third kappa shape index (κ3) is 3.96. The van der Waals surface area contributed by atoms with Gasteiger partial charge in [0.1, 0.15) is 6.26 Å². The molecule has 1 aliphatic rings. The third-order valence-corrected chi connectivity index (χ3v) is 3.69. The quantitative estimate of drug-likeness (QED) is 0.886. The second kappa shape index (κ2) is 5.95. The second-order valence-corrected chi connectivity index (χ2v) is 6.45. The van der Waals surface area contributed by atoms with Gasteiger partial charge in [0, 0.05) is 24.7 Å². The molecule has 4 nitrogen and oxygen atoms in total. The van der Waals surface area contributed by atoms with Crippen LogP contribution >= 0.6 is 0 Å². The highest BCUT2D eigenvalue weighted by atomic mass is 16.4. The smallest absolute Gasteiger partial charge is 0.297 e. The van der Waals surface area contributed by atoms with Crippen molar-refractivity contribution in [2.75, 3.05) is 11.4 Å². The number of aromatic nitrogens is 1. The monoisotopic (exact) mass is 265 g/mol. The molecule has 1 aromatic heterocycles. The summed E-state index contributed by atoms with van der Waals surface area (Å²) < 4.78 is 5.67. The Morgan fingerprint density at radius 2 is 2.05 bits per heavy atom. The fraction of sp³-hybridized carbons (Fsp3) is 0.800. The van der Waals surface area contributed by atoms with E-state index in [0.717, 1.165) is 24.8 Å². The Hall–Kier alpha value is -1.03. The Bertz CT molecular complexity index is 388. The molecule has 0 spiro atoms. The van der Waals surface area contributed by atoms with Crippen molar-refractivity contribution in [3.63, 3.8) is 0 Å². The van der Waals surface area contributed by atoms with Gasteiger partial charge in [-0.2, -0.15) is 4.98 Å². The first-order valence-corrected chi connectivity index (χ1v) is 7.45. The normalized spacial score (nSPS) is 17.1. The van der Waals surface area contributed by atoms with Gasteiger partial charge in [-0.1, -0.05) is 12.8 Å². The van der Waals surface area contributed by atoms with Gasteiger partial charge in [-0.15, -0.1) is 0 Å². The van der Waals surface area contributed by atoms with E-state index in [1.54, 1.807) is 6.26 Å². The highest BCUT2D eigenvalue weighted by Gasteiger charge is 2.24. The van der Waals surface area contributed by atoms with Crippen molar-refractivity contribution in [1.29, 1.82) is 0 Å². The van der Waals surface area contributed by atoms with Crippen molar-refractivity contribution in [3.05, 3.63) is 12.0 Å². The molecular formula is C15H27N3O. The fourth-order valence-corrected chi connectivity index (χ4v) is 2.63. The maximum absolute atomic E-state index is 5.67. The first-order valence-electron chi connectivity index (χ1n) is 7.45. The molecule has 0 amide bonds. The average molecular weight is 265 g/mol. The molecule has 0 aliphatic heterocycles. The Balaban J connectivity index is 1.98. The molecule has 0 bridgehead atoms. The minimum absolute atomic E-state index is 0.106. The number of rotatable bonds is 5. The molecule has 108 valence electrons. The minimum Gasteiger partial charge on any atom is -0.432 e. The summed E-state index contributed by atoms with van der Waals surface area (Å²) in [6.07, 6.45) is 6.99. The first kappa shape index (κ1) is 14.4. The number of hydrogen-bond donors (Lipinski definition) is 1. The van der Waals surface area contributed by atoms with Crippen molar-refractivity contribution in [3.8, 4) is 0 Å². The molecule has 0 saturated heterocycles. The van der Waals surface area contributed by atoms with Crippen LogP contribution in [-0.2, 0) is 6.54 Å². The van der Waals surface area contributed by atoms with Crippen molar-refractivity contribution in [2.24, 2.45) is 0 Å². The molecule has 0 aromatic carbocycles. The lowest BCUT2D eigenvalue weighted by molar-refractivity contribution is 0.421. The zero-order valence-electron chi connectivity index (χ0n) is 12.7. The van der Waals surface area contributed by atoms with Gasteiger partial charge in [0.05, 0.1) is 5.69 Å². The predicted octanol–water partition coefficient (Wildman–Crippen LogP) is 3.33. The van der Waals surface area contributed by atoms with E-state index < -0.39 is 0 Å². The minimum atomic E-state index is 0.106.